The second-order valence-corrected chi connectivity index (χ2v) is 10.8. The Balaban J connectivity index is 1.51. The summed E-state index contributed by atoms with van der Waals surface area (Å²) in [7, 11) is 0. The summed E-state index contributed by atoms with van der Waals surface area (Å²) in [6.07, 6.45) is 3.32. The van der Waals surface area contributed by atoms with Crippen molar-refractivity contribution in [1.82, 2.24) is 4.57 Å². The molecule has 0 bridgehead atoms. The molecule has 1 unspecified atom stereocenters. The molecule has 3 heterocycles. The number of carbonyl (C=O) groups is 1. The van der Waals surface area contributed by atoms with E-state index in [2.05, 4.69) is 0 Å². The summed E-state index contributed by atoms with van der Waals surface area (Å²) < 4.78 is 13.5. The first-order valence-electron chi connectivity index (χ1n) is 12.6. The molecule has 0 aliphatic carbocycles. The molecule has 4 aromatic rings. The highest BCUT2D eigenvalue weighted by Gasteiger charge is 2.34. The van der Waals surface area contributed by atoms with Crippen LogP contribution in [0.1, 0.15) is 48.7 Å². The normalized spacial score (nSPS) is 15.2. The fourth-order valence-corrected chi connectivity index (χ4v) is 6.23. The molecule has 0 radical (unpaired) electrons. The van der Waals surface area contributed by atoms with Crippen LogP contribution in [0.5, 0.6) is 5.75 Å². The Morgan fingerprint density at radius 2 is 1.84 bits per heavy atom. The van der Waals surface area contributed by atoms with Gasteiger partial charge in [-0.05, 0) is 54.1 Å². The van der Waals surface area contributed by atoms with Crippen LogP contribution in [0, 0.1) is 0 Å². The molecule has 194 valence electrons. The smallest absolute Gasteiger partial charge is 0.338 e. The Labute approximate surface area is 228 Å². The van der Waals surface area contributed by atoms with Crippen LogP contribution >= 0.6 is 22.7 Å². The Hall–Kier alpha value is -3.75. The number of allylic oxidation sites excluding steroid dienone is 1. The van der Waals surface area contributed by atoms with Crippen molar-refractivity contribution in [3.05, 3.63) is 119 Å². The summed E-state index contributed by atoms with van der Waals surface area (Å²) in [6.45, 7) is 4.58. The monoisotopic (exact) mass is 544 g/mol. The van der Waals surface area contributed by atoms with Crippen LogP contribution in [0.15, 0.2) is 93.2 Å². The Morgan fingerprint density at radius 1 is 1.05 bits per heavy atom. The van der Waals surface area contributed by atoms with Gasteiger partial charge in [-0.25, -0.2) is 9.79 Å². The number of nitrogens with zero attached hydrogens (tertiary/aromatic N) is 2. The van der Waals surface area contributed by atoms with Crippen molar-refractivity contribution in [2.75, 3.05) is 6.61 Å². The van der Waals surface area contributed by atoms with E-state index in [9.17, 15) is 9.59 Å². The van der Waals surface area contributed by atoms with Gasteiger partial charge in [0.05, 0.1) is 22.4 Å². The summed E-state index contributed by atoms with van der Waals surface area (Å²) in [4.78, 5) is 33.1. The van der Waals surface area contributed by atoms with Gasteiger partial charge in [-0.1, -0.05) is 73.2 Å². The average Bonchev–Trinajstić information content (AvgIpc) is 3.57. The number of hydrogen-bond donors (Lipinski definition) is 0. The first-order valence-corrected chi connectivity index (χ1v) is 14.3. The molecule has 0 saturated heterocycles. The highest BCUT2D eigenvalue weighted by Crippen LogP contribution is 2.34. The predicted octanol–water partition coefficient (Wildman–Crippen LogP) is 5.22. The number of rotatable bonds is 9. The first kappa shape index (κ1) is 25.9. The lowest BCUT2D eigenvalue weighted by molar-refractivity contribution is -0.139. The highest BCUT2D eigenvalue weighted by atomic mass is 32.1. The van der Waals surface area contributed by atoms with Crippen LogP contribution < -0.4 is 19.6 Å². The van der Waals surface area contributed by atoms with Gasteiger partial charge in [0.25, 0.3) is 5.56 Å². The van der Waals surface area contributed by atoms with Crippen LogP contribution in [-0.2, 0) is 16.1 Å². The number of aromatic nitrogens is 1. The maximum atomic E-state index is 13.7. The molecule has 1 aliphatic rings. The van der Waals surface area contributed by atoms with Gasteiger partial charge < -0.3 is 9.47 Å². The number of thiophene rings is 1. The SMILES string of the molecule is CCCC1=C(C(=O)OCC)C(c2cccs2)n2c(s/c(=C\c3ccc(OCc4ccccc4)cc3)c2=O)=N1. The van der Waals surface area contributed by atoms with Crippen LogP contribution in [0.4, 0.5) is 0 Å². The van der Waals surface area contributed by atoms with Crippen LogP contribution in [0.3, 0.4) is 0 Å². The molecule has 0 fully saturated rings. The van der Waals surface area contributed by atoms with Crippen molar-refractivity contribution < 1.29 is 14.3 Å². The maximum Gasteiger partial charge on any atom is 0.338 e. The van der Waals surface area contributed by atoms with E-state index in [-0.39, 0.29) is 12.2 Å². The molecule has 2 aromatic heterocycles. The van der Waals surface area contributed by atoms with Crippen molar-refractivity contribution in [3.8, 4) is 5.75 Å². The number of esters is 1. The molecule has 38 heavy (non-hydrogen) atoms. The topological polar surface area (TPSA) is 69.9 Å². The van der Waals surface area contributed by atoms with Crippen molar-refractivity contribution in [1.29, 1.82) is 0 Å². The van der Waals surface area contributed by atoms with Gasteiger partial charge in [0.1, 0.15) is 18.4 Å². The molecule has 1 aliphatic heterocycles. The zero-order chi connectivity index (χ0) is 26.5. The number of fused-ring (bicyclic) bond motifs is 1. The highest BCUT2D eigenvalue weighted by molar-refractivity contribution is 7.10. The molecular formula is C30H28N2O4S2. The third-order valence-corrected chi connectivity index (χ3v) is 8.04. The Morgan fingerprint density at radius 3 is 2.53 bits per heavy atom. The van der Waals surface area contributed by atoms with Gasteiger partial charge >= 0.3 is 5.97 Å². The zero-order valence-corrected chi connectivity index (χ0v) is 22.9. The summed E-state index contributed by atoms with van der Waals surface area (Å²) in [6, 6.07) is 21.0. The lowest BCUT2D eigenvalue weighted by Crippen LogP contribution is -2.39. The fourth-order valence-electron chi connectivity index (χ4n) is 4.39. The van der Waals surface area contributed by atoms with E-state index in [4.69, 9.17) is 14.5 Å². The minimum atomic E-state index is -0.553. The summed E-state index contributed by atoms with van der Waals surface area (Å²) in [5.41, 5.74) is 2.96. The molecule has 6 nitrogen and oxygen atoms in total. The average molecular weight is 545 g/mol. The van der Waals surface area contributed by atoms with Crippen molar-refractivity contribution in [3.63, 3.8) is 0 Å². The van der Waals surface area contributed by atoms with E-state index in [1.54, 1.807) is 11.5 Å². The Bertz CT molecular complexity index is 1620. The second-order valence-electron chi connectivity index (χ2n) is 8.77. The predicted molar refractivity (Wildman–Crippen MR) is 151 cm³/mol. The molecule has 0 spiro atoms. The van der Waals surface area contributed by atoms with E-state index in [1.165, 1.54) is 22.7 Å². The lowest BCUT2D eigenvalue weighted by atomic mass is 9.99. The van der Waals surface area contributed by atoms with E-state index in [1.807, 2.05) is 85.1 Å². The van der Waals surface area contributed by atoms with Crippen molar-refractivity contribution >= 4 is 34.7 Å². The third-order valence-electron chi connectivity index (χ3n) is 6.13. The van der Waals surface area contributed by atoms with E-state index < -0.39 is 12.0 Å². The van der Waals surface area contributed by atoms with Crippen LogP contribution in [-0.4, -0.2) is 17.1 Å². The quantitative estimate of drug-likeness (QED) is 0.271. The standard InChI is InChI=1S/C30H28N2O4S2/c1-3-9-23-26(29(34)35-4-2)27(24-12-8-17-37-24)32-28(33)25(38-30(32)31-23)18-20-13-15-22(16-14-20)36-19-21-10-6-5-7-11-21/h5-8,10-18,27H,3-4,9,19H2,1-2H3/b25-18-. The number of ether oxygens (including phenoxy) is 2. The fraction of sp³-hybridized carbons (Fsp3) is 0.233. The zero-order valence-electron chi connectivity index (χ0n) is 21.3. The molecule has 1 atom stereocenters. The molecule has 0 N–H and O–H groups in total. The van der Waals surface area contributed by atoms with Crippen molar-refractivity contribution in [2.24, 2.45) is 4.99 Å². The maximum absolute atomic E-state index is 13.7. The number of benzene rings is 2. The van der Waals surface area contributed by atoms with Gasteiger partial charge in [-0.2, -0.15) is 0 Å². The van der Waals surface area contributed by atoms with Crippen LogP contribution in [0.2, 0.25) is 0 Å². The molecule has 0 amide bonds. The van der Waals surface area contributed by atoms with Gasteiger partial charge in [-0.15, -0.1) is 11.3 Å². The first-order chi connectivity index (χ1) is 18.6. The number of hydrogen-bond acceptors (Lipinski definition) is 7. The van der Waals surface area contributed by atoms with Crippen molar-refractivity contribution in [2.45, 2.75) is 39.3 Å². The molecule has 8 heteroatoms. The summed E-state index contributed by atoms with van der Waals surface area (Å²) in [5.74, 6) is 0.340. The molecule has 0 saturated carbocycles. The molecular weight excluding hydrogens is 516 g/mol. The Kier molecular flexibility index (Phi) is 8.00. The van der Waals surface area contributed by atoms with E-state index in [0.29, 0.717) is 33.6 Å². The molecule has 2 aromatic carbocycles. The van der Waals surface area contributed by atoms with E-state index >= 15 is 0 Å². The molecule has 5 rings (SSSR count). The van der Waals surface area contributed by atoms with Gasteiger partial charge in [0.15, 0.2) is 4.80 Å². The summed E-state index contributed by atoms with van der Waals surface area (Å²) >= 11 is 2.86. The van der Waals surface area contributed by atoms with Gasteiger partial charge in [-0.3, -0.25) is 9.36 Å². The number of carbonyl (C=O) groups excluding carboxylic acids is 1. The van der Waals surface area contributed by atoms with E-state index in [0.717, 1.165) is 28.2 Å². The summed E-state index contributed by atoms with van der Waals surface area (Å²) in [5, 5.41) is 1.95. The minimum Gasteiger partial charge on any atom is -0.489 e. The van der Waals surface area contributed by atoms with Gasteiger partial charge in [0.2, 0.25) is 0 Å². The largest absolute Gasteiger partial charge is 0.489 e. The van der Waals surface area contributed by atoms with Crippen LogP contribution in [0.25, 0.3) is 6.08 Å². The minimum absolute atomic E-state index is 0.172. The lowest BCUT2D eigenvalue weighted by Gasteiger charge is -2.24. The second kappa shape index (κ2) is 11.8. The number of thiazole rings is 1. The van der Waals surface area contributed by atoms with Gasteiger partial charge in [0, 0.05) is 4.88 Å². The third kappa shape index (κ3) is 5.42.